The average molecular weight is 364 g/mol. The molecular formula is C19H25FN2O4. The van der Waals surface area contributed by atoms with Crippen molar-refractivity contribution in [2.24, 2.45) is 5.92 Å². The second kappa shape index (κ2) is 8.60. The lowest BCUT2D eigenvalue weighted by Crippen LogP contribution is -2.51. The molecule has 1 aliphatic carbocycles. The summed E-state index contributed by atoms with van der Waals surface area (Å²) in [5.74, 6) is -0.444. The predicted octanol–water partition coefficient (Wildman–Crippen LogP) is 1.38. The van der Waals surface area contributed by atoms with Gasteiger partial charge in [-0.25, -0.2) is 4.39 Å². The Balaban J connectivity index is 1.41. The first-order chi connectivity index (χ1) is 12.6. The van der Waals surface area contributed by atoms with Crippen molar-refractivity contribution < 1.29 is 23.8 Å². The van der Waals surface area contributed by atoms with Gasteiger partial charge in [-0.1, -0.05) is 0 Å². The summed E-state index contributed by atoms with van der Waals surface area (Å²) in [6.07, 6.45) is 3.53. The minimum atomic E-state index is -0.413. The molecule has 1 saturated carbocycles. The molecule has 1 aromatic carbocycles. The topological polar surface area (TPSA) is 87.7 Å². The molecule has 1 aliphatic heterocycles. The number of amides is 2. The first kappa shape index (κ1) is 18.8. The molecule has 1 heterocycles. The van der Waals surface area contributed by atoms with Crippen molar-refractivity contribution in [2.75, 3.05) is 13.2 Å². The zero-order valence-corrected chi connectivity index (χ0v) is 14.6. The average Bonchev–Trinajstić information content (AvgIpc) is 3.48. The second-order valence-electron chi connectivity index (χ2n) is 7.00. The van der Waals surface area contributed by atoms with Gasteiger partial charge in [0.2, 0.25) is 5.91 Å². The number of carbonyl (C=O) groups excluding carboxylic acids is 2. The lowest BCUT2D eigenvalue weighted by Gasteiger charge is -2.36. The van der Waals surface area contributed by atoms with Crippen molar-refractivity contribution in [3.05, 3.63) is 35.6 Å². The summed E-state index contributed by atoms with van der Waals surface area (Å²) in [7, 11) is 0. The lowest BCUT2D eigenvalue weighted by atomic mass is 9.97. The zero-order chi connectivity index (χ0) is 18.5. The van der Waals surface area contributed by atoms with Crippen LogP contribution in [0, 0.1) is 11.7 Å². The largest absolute Gasteiger partial charge is 0.394 e. The fraction of sp³-hybridized carbons (Fsp3) is 0.579. The van der Waals surface area contributed by atoms with Crippen molar-refractivity contribution in [3.63, 3.8) is 0 Å². The van der Waals surface area contributed by atoms with Gasteiger partial charge in [-0.15, -0.1) is 0 Å². The number of benzene rings is 1. The van der Waals surface area contributed by atoms with E-state index in [9.17, 15) is 19.1 Å². The highest BCUT2D eigenvalue weighted by Crippen LogP contribution is 2.30. The Kier molecular flexibility index (Phi) is 6.21. The maximum atomic E-state index is 12.9. The number of nitrogens with one attached hydrogen (secondary N) is 2. The summed E-state index contributed by atoms with van der Waals surface area (Å²) < 4.78 is 18.8. The maximum absolute atomic E-state index is 12.9. The molecular weight excluding hydrogens is 339 g/mol. The molecule has 0 spiro atoms. The zero-order valence-electron chi connectivity index (χ0n) is 14.6. The van der Waals surface area contributed by atoms with Crippen LogP contribution in [0.5, 0.6) is 0 Å². The first-order valence-corrected chi connectivity index (χ1v) is 9.17. The summed E-state index contributed by atoms with van der Waals surface area (Å²) in [6, 6.07) is 5.23. The monoisotopic (exact) mass is 364 g/mol. The van der Waals surface area contributed by atoms with E-state index in [4.69, 9.17) is 4.74 Å². The quantitative estimate of drug-likeness (QED) is 0.682. The maximum Gasteiger partial charge on any atom is 0.251 e. The lowest BCUT2D eigenvalue weighted by molar-refractivity contribution is -0.129. The Morgan fingerprint density at radius 2 is 1.88 bits per heavy atom. The van der Waals surface area contributed by atoms with Crippen LogP contribution >= 0.6 is 0 Å². The number of rotatable bonds is 7. The molecule has 6 nitrogen and oxygen atoms in total. The molecule has 7 heteroatoms. The number of halogens is 1. The van der Waals surface area contributed by atoms with E-state index in [1.165, 1.54) is 24.3 Å². The highest BCUT2D eigenvalue weighted by molar-refractivity contribution is 5.94. The molecule has 142 valence electrons. The van der Waals surface area contributed by atoms with Crippen LogP contribution in [-0.2, 0) is 9.53 Å². The van der Waals surface area contributed by atoms with Crippen LogP contribution < -0.4 is 10.6 Å². The standard InChI is InChI=1S/C19H25FN2O4/c20-14-5-3-12(4-6-14)18(24)21-10-9-15-7-8-16(17(11-23)26-15)22-19(25)13-1-2-13/h3-6,13,15-17,23H,1-2,7-11H2,(H,21,24)(H,22,25)/t15-,16+,17-/m1/s1. The van der Waals surface area contributed by atoms with E-state index in [0.29, 0.717) is 18.5 Å². The third-order valence-electron chi connectivity index (χ3n) is 4.93. The Bertz CT molecular complexity index is 633. The first-order valence-electron chi connectivity index (χ1n) is 9.17. The molecule has 2 amide bonds. The van der Waals surface area contributed by atoms with Crippen LogP contribution in [0.15, 0.2) is 24.3 Å². The van der Waals surface area contributed by atoms with Gasteiger partial charge in [-0.2, -0.15) is 0 Å². The summed E-state index contributed by atoms with van der Waals surface area (Å²) in [5.41, 5.74) is 0.409. The van der Waals surface area contributed by atoms with Gasteiger partial charge in [-0.05, 0) is 56.4 Å². The van der Waals surface area contributed by atoms with E-state index < -0.39 is 6.10 Å². The Morgan fingerprint density at radius 3 is 2.54 bits per heavy atom. The van der Waals surface area contributed by atoms with Crippen LogP contribution in [0.1, 0.15) is 42.5 Å². The molecule has 0 unspecified atom stereocenters. The number of aliphatic hydroxyl groups excluding tert-OH is 1. The van der Waals surface area contributed by atoms with E-state index in [-0.39, 0.29) is 42.3 Å². The van der Waals surface area contributed by atoms with Crippen molar-refractivity contribution in [3.8, 4) is 0 Å². The van der Waals surface area contributed by atoms with Crippen LogP contribution in [-0.4, -0.2) is 48.3 Å². The number of hydrogen-bond donors (Lipinski definition) is 3. The van der Waals surface area contributed by atoms with Crippen molar-refractivity contribution >= 4 is 11.8 Å². The molecule has 2 fully saturated rings. The summed E-state index contributed by atoms with van der Waals surface area (Å²) in [6.45, 7) is 0.284. The van der Waals surface area contributed by atoms with Crippen LogP contribution in [0.25, 0.3) is 0 Å². The van der Waals surface area contributed by atoms with E-state index >= 15 is 0 Å². The van der Waals surface area contributed by atoms with E-state index in [1.54, 1.807) is 0 Å². The molecule has 1 saturated heterocycles. The fourth-order valence-electron chi connectivity index (χ4n) is 3.21. The Labute approximate surface area is 152 Å². The molecule has 3 atom stereocenters. The molecule has 26 heavy (non-hydrogen) atoms. The molecule has 3 N–H and O–H groups in total. The smallest absolute Gasteiger partial charge is 0.251 e. The van der Waals surface area contributed by atoms with E-state index in [1.807, 2.05) is 0 Å². The molecule has 1 aromatic rings. The van der Waals surface area contributed by atoms with Crippen molar-refractivity contribution in [2.45, 2.75) is 50.4 Å². The fourth-order valence-corrected chi connectivity index (χ4v) is 3.21. The minimum absolute atomic E-state index is 0.0575. The van der Waals surface area contributed by atoms with E-state index in [0.717, 1.165) is 25.7 Å². The predicted molar refractivity (Wildman–Crippen MR) is 93.0 cm³/mol. The Hall–Kier alpha value is -1.99. The SMILES string of the molecule is O=C(NCC[C@H]1CC[C@H](NC(=O)C2CC2)[C@@H](CO)O1)c1ccc(F)cc1. The molecule has 0 aromatic heterocycles. The Morgan fingerprint density at radius 1 is 1.15 bits per heavy atom. The van der Waals surface area contributed by atoms with Gasteiger partial charge >= 0.3 is 0 Å². The van der Waals surface area contributed by atoms with Gasteiger partial charge in [0.1, 0.15) is 11.9 Å². The summed E-state index contributed by atoms with van der Waals surface area (Å²) >= 11 is 0. The third-order valence-corrected chi connectivity index (χ3v) is 4.93. The minimum Gasteiger partial charge on any atom is -0.394 e. The van der Waals surface area contributed by atoms with Crippen LogP contribution in [0.3, 0.4) is 0 Å². The van der Waals surface area contributed by atoms with Gasteiger partial charge in [0, 0.05) is 18.0 Å². The molecule has 0 bridgehead atoms. The van der Waals surface area contributed by atoms with Gasteiger partial charge in [0.15, 0.2) is 0 Å². The summed E-state index contributed by atoms with van der Waals surface area (Å²) in [4.78, 5) is 23.9. The number of hydrogen-bond acceptors (Lipinski definition) is 4. The van der Waals surface area contributed by atoms with Gasteiger partial charge in [0.05, 0.1) is 18.8 Å². The normalized spacial score (nSPS) is 25.5. The molecule has 0 radical (unpaired) electrons. The number of aliphatic hydroxyl groups is 1. The molecule has 2 aliphatic rings. The van der Waals surface area contributed by atoms with Gasteiger partial charge in [0.25, 0.3) is 5.91 Å². The van der Waals surface area contributed by atoms with Crippen molar-refractivity contribution in [1.29, 1.82) is 0 Å². The summed E-state index contributed by atoms with van der Waals surface area (Å²) in [5, 5.41) is 15.3. The number of ether oxygens (including phenoxy) is 1. The number of carbonyl (C=O) groups is 2. The van der Waals surface area contributed by atoms with Crippen LogP contribution in [0.4, 0.5) is 4.39 Å². The second-order valence-corrected chi connectivity index (χ2v) is 7.00. The van der Waals surface area contributed by atoms with Gasteiger partial charge in [-0.3, -0.25) is 9.59 Å². The van der Waals surface area contributed by atoms with Crippen molar-refractivity contribution in [1.82, 2.24) is 10.6 Å². The highest BCUT2D eigenvalue weighted by atomic mass is 19.1. The third kappa shape index (κ3) is 5.02. The molecule has 3 rings (SSSR count). The highest BCUT2D eigenvalue weighted by Gasteiger charge is 2.36. The van der Waals surface area contributed by atoms with E-state index in [2.05, 4.69) is 10.6 Å². The van der Waals surface area contributed by atoms with Crippen LogP contribution in [0.2, 0.25) is 0 Å². The van der Waals surface area contributed by atoms with Gasteiger partial charge < -0.3 is 20.5 Å².